The van der Waals surface area contributed by atoms with Crippen LogP contribution >= 0.6 is 11.6 Å². The van der Waals surface area contributed by atoms with Gasteiger partial charge in [-0.1, -0.05) is 35.9 Å². The molecule has 0 fully saturated rings. The summed E-state index contributed by atoms with van der Waals surface area (Å²) in [6.07, 6.45) is 0. The normalized spacial score (nSPS) is 10.7. The summed E-state index contributed by atoms with van der Waals surface area (Å²) in [5, 5.41) is 4.15. The third-order valence-electron chi connectivity index (χ3n) is 3.56. The summed E-state index contributed by atoms with van der Waals surface area (Å²) in [4.78, 5) is 12.6. The first-order chi connectivity index (χ1) is 11.1. The van der Waals surface area contributed by atoms with E-state index in [0.29, 0.717) is 28.6 Å². The molecule has 3 rings (SSSR count). The molecule has 0 saturated heterocycles. The van der Waals surface area contributed by atoms with Crippen molar-refractivity contribution >= 4 is 34.2 Å². The predicted octanol–water partition coefficient (Wildman–Crippen LogP) is 5.05. The number of amides is 1. The summed E-state index contributed by atoms with van der Waals surface area (Å²) < 4.78 is 11.2. The fourth-order valence-electron chi connectivity index (χ4n) is 2.46. The maximum atomic E-state index is 12.6. The zero-order valence-electron chi connectivity index (χ0n) is 12.9. The molecule has 1 heterocycles. The third-order valence-corrected chi connectivity index (χ3v) is 3.85. The average molecular weight is 330 g/mol. The van der Waals surface area contributed by atoms with Crippen LogP contribution in [0.25, 0.3) is 11.0 Å². The van der Waals surface area contributed by atoms with Gasteiger partial charge in [-0.05, 0) is 32.0 Å². The van der Waals surface area contributed by atoms with Crippen LogP contribution in [0.5, 0.6) is 5.75 Å². The molecule has 2 aromatic carbocycles. The standard InChI is InChI=1S/C18H16ClNO3/c1-3-22-15-10-5-4-9-14(15)20-18(21)16-11(2)12-7-6-8-13(19)17(12)23-16/h4-10H,3H2,1-2H3,(H,20,21). The van der Waals surface area contributed by atoms with Gasteiger partial charge in [0.15, 0.2) is 11.3 Å². The number of ether oxygens (including phenoxy) is 1. The van der Waals surface area contributed by atoms with Crippen LogP contribution in [0.4, 0.5) is 5.69 Å². The molecule has 118 valence electrons. The minimum atomic E-state index is -0.332. The molecule has 4 nitrogen and oxygen atoms in total. The van der Waals surface area contributed by atoms with Crippen molar-refractivity contribution in [1.29, 1.82) is 0 Å². The molecule has 1 amide bonds. The summed E-state index contributed by atoms with van der Waals surface area (Å²) in [5.74, 6) is 0.538. The minimum absolute atomic E-state index is 0.249. The second kappa shape index (κ2) is 6.34. The fraction of sp³-hybridized carbons (Fsp3) is 0.167. The monoisotopic (exact) mass is 329 g/mol. The van der Waals surface area contributed by atoms with Gasteiger partial charge in [-0.2, -0.15) is 0 Å². The Labute approximate surface area is 139 Å². The first-order valence-corrected chi connectivity index (χ1v) is 7.70. The van der Waals surface area contributed by atoms with Crippen molar-refractivity contribution < 1.29 is 13.9 Å². The van der Waals surface area contributed by atoms with E-state index in [2.05, 4.69) is 5.32 Å². The lowest BCUT2D eigenvalue weighted by Crippen LogP contribution is -2.13. The largest absolute Gasteiger partial charge is 0.492 e. The van der Waals surface area contributed by atoms with E-state index in [-0.39, 0.29) is 11.7 Å². The summed E-state index contributed by atoms with van der Waals surface area (Å²) in [7, 11) is 0. The van der Waals surface area contributed by atoms with Crippen molar-refractivity contribution in [2.45, 2.75) is 13.8 Å². The van der Waals surface area contributed by atoms with Gasteiger partial charge in [0.2, 0.25) is 0 Å². The van der Waals surface area contributed by atoms with Gasteiger partial charge in [-0.3, -0.25) is 4.79 Å². The Balaban J connectivity index is 1.96. The summed E-state index contributed by atoms with van der Waals surface area (Å²) in [6, 6.07) is 12.7. The van der Waals surface area contributed by atoms with Crippen LogP contribution in [0, 0.1) is 6.92 Å². The molecule has 0 aliphatic carbocycles. The van der Waals surface area contributed by atoms with E-state index >= 15 is 0 Å². The zero-order valence-corrected chi connectivity index (χ0v) is 13.6. The molecule has 0 aliphatic heterocycles. The number of furan rings is 1. The highest BCUT2D eigenvalue weighted by Gasteiger charge is 2.20. The number of fused-ring (bicyclic) bond motifs is 1. The average Bonchev–Trinajstić information content (AvgIpc) is 2.88. The van der Waals surface area contributed by atoms with E-state index < -0.39 is 0 Å². The first kappa shape index (κ1) is 15.4. The highest BCUT2D eigenvalue weighted by Crippen LogP contribution is 2.32. The lowest BCUT2D eigenvalue weighted by atomic mass is 10.1. The Bertz CT molecular complexity index is 870. The highest BCUT2D eigenvalue weighted by molar-refractivity contribution is 6.35. The van der Waals surface area contributed by atoms with Gasteiger partial charge in [0.1, 0.15) is 5.75 Å². The Morgan fingerprint density at radius 1 is 1.22 bits per heavy atom. The van der Waals surface area contributed by atoms with Gasteiger partial charge < -0.3 is 14.5 Å². The number of rotatable bonds is 4. The molecule has 3 aromatic rings. The molecule has 0 spiro atoms. The second-order valence-corrected chi connectivity index (χ2v) is 5.46. The third kappa shape index (κ3) is 2.90. The molecular weight excluding hydrogens is 314 g/mol. The topological polar surface area (TPSA) is 51.5 Å². The van der Waals surface area contributed by atoms with Crippen LogP contribution in [0.1, 0.15) is 23.0 Å². The summed E-state index contributed by atoms with van der Waals surface area (Å²) in [6.45, 7) is 4.25. The highest BCUT2D eigenvalue weighted by atomic mass is 35.5. The summed E-state index contributed by atoms with van der Waals surface area (Å²) >= 11 is 6.13. The second-order valence-electron chi connectivity index (χ2n) is 5.06. The summed E-state index contributed by atoms with van der Waals surface area (Å²) in [5.41, 5.74) is 1.88. The van der Waals surface area contributed by atoms with Gasteiger partial charge in [0.05, 0.1) is 17.3 Å². The van der Waals surface area contributed by atoms with E-state index in [1.54, 1.807) is 12.1 Å². The SMILES string of the molecule is CCOc1ccccc1NC(=O)c1oc2c(Cl)cccc2c1C. The number of carbonyl (C=O) groups is 1. The van der Waals surface area contributed by atoms with Crippen molar-refractivity contribution in [2.75, 3.05) is 11.9 Å². The molecule has 0 unspecified atom stereocenters. The molecule has 0 aliphatic rings. The van der Waals surface area contributed by atoms with E-state index in [4.69, 9.17) is 20.8 Å². The number of carbonyl (C=O) groups excluding carboxylic acids is 1. The van der Waals surface area contributed by atoms with Crippen LogP contribution in [0.3, 0.4) is 0 Å². The number of nitrogens with one attached hydrogen (secondary N) is 1. The number of anilines is 1. The number of aryl methyl sites for hydroxylation is 1. The lowest BCUT2D eigenvalue weighted by molar-refractivity contribution is 0.0997. The minimum Gasteiger partial charge on any atom is -0.492 e. The molecule has 0 saturated carbocycles. The molecule has 1 N–H and O–H groups in total. The van der Waals surface area contributed by atoms with Gasteiger partial charge in [-0.15, -0.1) is 0 Å². The first-order valence-electron chi connectivity index (χ1n) is 7.32. The molecule has 5 heteroatoms. The van der Waals surface area contributed by atoms with Crippen molar-refractivity contribution in [3.8, 4) is 5.75 Å². The molecule has 0 atom stereocenters. The maximum Gasteiger partial charge on any atom is 0.291 e. The van der Waals surface area contributed by atoms with E-state index in [1.807, 2.05) is 44.2 Å². The zero-order chi connectivity index (χ0) is 16.4. The quantitative estimate of drug-likeness (QED) is 0.729. The number of halogens is 1. The number of benzene rings is 2. The van der Waals surface area contributed by atoms with Gasteiger partial charge >= 0.3 is 0 Å². The number of hydrogen-bond acceptors (Lipinski definition) is 3. The van der Waals surface area contributed by atoms with Crippen molar-refractivity contribution in [2.24, 2.45) is 0 Å². The van der Waals surface area contributed by atoms with Crippen molar-refractivity contribution in [3.63, 3.8) is 0 Å². The van der Waals surface area contributed by atoms with Gasteiger partial charge in [-0.25, -0.2) is 0 Å². The Hall–Kier alpha value is -2.46. The predicted molar refractivity (Wildman–Crippen MR) is 91.5 cm³/mol. The Morgan fingerprint density at radius 3 is 2.74 bits per heavy atom. The molecular formula is C18H16ClNO3. The van der Waals surface area contributed by atoms with Crippen LogP contribution < -0.4 is 10.1 Å². The molecule has 1 aromatic heterocycles. The van der Waals surface area contributed by atoms with Gasteiger partial charge in [0.25, 0.3) is 5.91 Å². The Morgan fingerprint density at radius 2 is 2.00 bits per heavy atom. The van der Waals surface area contributed by atoms with Crippen LogP contribution in [-0.4, -0.2) is 12.5 Å². The van der Waals surface area contributed by atoms with E-state index in [9.17, 15) is 4.79 Å². The van der Waals surface area contributed by atoms with Crippen LogP contribution in [0.15, 0.2) is 46.9 Å². The van der Waals surface area contributed by atoms with Crippen LogP contribution in [-0.2, 0) is 0 Å². The van der Waals surface area contributed by atoms with E-state index in [0.717, 1.165) is 10.9 Å². The fourth-order valence-corrected chi connectivity index (χ4v) is 2.67. The lowest BCUT2D eigenvalue weighted by Gasteiger charge is -2.10. The molecule has 23 heavy (non-hydrogen) atoms. The van der Waals surface area contributed by atoms with Crippen molar-refractivity contribution in [3.05, 3.63) is 58.8 Å². The smallest absolute Gasteiger partial charge is 0.291 e. The van der Waals surface area contributed by atoms with Gasteiger partial charge in [0, 0.05) is 10.9 Å². The van der Waals surface area contributed by atoms with Crippen LogP contribution in [0.2, 0.25) is 5.02 Å². The Kier molecular flexibility index (Phi) is 4.26. The van der Waals surface area contributed by atoms with Crippen molar-refractivity contribution in [1.82, 2.24) is 0 Å². The molecule has 0 radical (unpaired) electrons. The number of para-hydroxylation sites is 3. The molecule has 0 bridgehead atoms. The number of hydrogen-bond donors (Lipinski definition) is 1. The maximum absolute atomic E-state index is 12.6. The van der Waals surface area contributed by atoms with E-state index in [1.165, 1.54) is 0 Å².